The molecule has 0 saturated carbocycles. The van der Waals surface area contributed by atoms with Crippen molar-refractivity contribution in [2.24, 2.45) is 11.8 Å². The lowest BCUT2D eigenvalue weighted by Crippen LogP contribution is -2.47. The summed E-state index contributed by atoms with van der Waals surface area (Å²) in [5.74, 6) is 1.59. The number of hydrogen-bond donors (Lipinski definition) is 1. The highest BCUT2D eigenvalue weighted by Gasteiger charge is 2.23. The van der Waals surface area contributed by atoms with Crippen LogP contribution in [-0.2, 0) is 0 Å². The SMILES string of the molecule is CCC(C)C(C)N1CCC(C)NCC(C)C1. The first-order chi connectivity index (χ1) is 7.54. The molecule has 0 spiro atoms. The molecule has 0 bridgehead atoms. The van der Waals surface area contributed by atoms with E-state index in [9.17, 15) is 0 Å². The van der Waals surface area contributed by atoms with Crippen LogP contribution in [0.3, 0.4) is 0 Å². The van der Waals surface area contributed by atoms with Gasteiger partial charge in [-0.25, -0.2) is 0 Å². The zero-order valence-electron chi connectivity index (χ0n) is 11.8. The van der Waals surface area contributed by atoms with Gasteiger partial charge in [-0.15, -0.1) is 0 Å². The van der Waals surface area contributed by atoms with Crippen molar-refractivity contribution in [2.75, 3.05) is 19.6 Å². The van der Waals surface area contributed by atoms with E-state index in [0.717, 1.165) is 17.9 Å². The molecule has 4 atom stereocenters. The van der Waals surface area contributed by atoms with Crippen molar-refractivity contribution in [3.63, 3.8) is 0 Å². The first-order valence-electron chi connectivity index (χ1n) is 7.02. The summed E-state index contributed by atoms with van der Waals surface area (Å²) in [7, 11) is 0. The Balaban J connectivity index is 2.55. The van der Waals surface area contributed by atoms with Crippen molar-refractivity contribution in [1.29, 1.82) is 0 Å². The molecule has 4 unspecified atom stereocenters. The molecule has 1 heterocycles. The monoisotopic (exact) mass is 226 g/mol. The molecule has 0 radical (unpaired) electrons. The molecule has 1 saturated heterocycles. The van der Waals surface area contributed by atoms with Crippen molar-refractivity contribution < 1.29 is 0 Å². The largest absolute Gasteiger partial charge is 0.314 e. The molecule has 16 heavy (non-hydrogen) atoms. The maximum absolute atomic E-state index is 3.61. The third-order valence-corrected chi connectivity index (χ3v) is 4.25. The second-order valence-electron chi connectivity index (χ2n) is 5.82. The Labute approximate surface area is 102 Å². The van der Waals surface area contributed by atoms with Gasteiger partial charge < -0.3 is 10.2 Å². The second-order valence-corrected chi connectivity index (χ2v) is 5.82. The quantitative estimate of drug-likeness (QED) is 0.796. The van der Waals surface area contributed by atoms with Crippen molar-refractivity contribution in [2.45, 2.75) is 59.5 Å². The minimum absolute atomic E-state index is 0.675. The van der Waals surface area contributed by atoms with Gasteiger partial charge in [-0.2, -0.15) is 0 Å². The van der Waals surface area contributed by atoms with Gasteiger partial charge >= 0.3 is 0 Å². The van der Waals surface area contributed by atoms with Crippen molar-refractivity contribution >= 4 is 0 Å². The average Bonchev–Trinajstić information content (AvgIpc) is 2.27. The summed E-state index contributed by atoms with van der Waals surface area (Å²) in [6, 6.07) is 1.41. The van der Waals surface area contributed by atoms with Gasteiger partial charge in [0, 0.05) is 18.6 Å². The van der Waals surface area contributed by atoms with E-state index in [0.29, 0.717) is 6.04 Å². The van der Waals surface area contributed by atoms with Crippen molar-refractivity contribution in [3.05, 3.63) is 0 Å². The fourth-order valence-electron chi connectivity index (χ4n) is 2.49. The third kappa shape index (κ3) is 4.06. The van der Waals surface area contributed by atoms with E-state index in [1.54, 1.807) is 0 Å². The molecular weight excluding hydrogens is 196 g/mol. The highest BCUT2D eigenvalue weighted by atomic mass is 15.2. The molecule has 0 aromatic heterocycles. The van der Waals surface area contributed by atoms with Crippen LogP contribution in [0.25, 0.3) is 0 Å². The van der Waals surface area contributed by atoms with Gasteiger partial charge in [0.25, 0.3) is 0 Å². The minimum atomic E-state index is 0.675. The maximum atomic E-state index is 3.61. The maximum Gasteiger partial charge on any atom is 0.00925 e. The average molecular weight is 226 g/mol. The fourth-order valence-corrected chi connectivity index (χ4v) is 2.49. The summed E-state index contributed by atoms with van der Waals surface area (Å²) in [6.07, 6.45) is 2.58. The molecule has 2 heteroatoms. The number of nitrogens with zero attached hydrogens (tertiary/aromatic N) is 1. The minimum Gasteiger partial charge on any atom is -0.314 e. The highest BCUT2D eigenvalue weighted by Crippen LogP contribution is 2.17. The molecule has 96 valence electrons. The summed E-state index contributed by atoms with van der Waals surface area (Å²) in [5.41, 5.74) is 0. The van der Waals surface area contributed by atoms with Crippen LogP contribution >= 0.6 is 0 Å². The van der Waals surface area contributed by atoms with Crippen LogP contribution in [0, 0.1) is 11.8 Å². The molecule has 1 rings (SSSR count). The van der Waals surface area contributed by atoms with Gasteiger partial charge in [0.2, 0.25) is 0 Å². The number of hydrogen-bond acceptors (Lipinski definition) is 2. The lowest BCUT2D eigenvalue weighted by molar-refractivity contribution is 0.121. The zero-order valence-corrected chi connectivity index (χ0v) is 11.8. The predicted molar refractivity (Wildman–Crippen MR) is 71.7 cm³/mol. The van der Waals surface area contributed by atoms with Gasteiger partial charge in [-0.1, -0.05) is 27.2 Å². The third-order valence-electron chi connectivity index (χ3n) is 4.25. The van der Waals surface area contributed by atoms with Crippen LogP contribution in [-0.4, -0.2) is 36.6 Å². The van der Waals surface area contributed by atoms with E-state index in [1.807, 2.05) is 0 Å². The summed E-state index contributed by atoms with van der Waals surface area (Å²) in [6.45, 7) is 15.4. The molecule has 1 aliphatic rings. The molecule has 0 amide bonds. The Bertz CT molecular complexity index is 193. The van der Waals surface area contributed by atoms with Crippen LogP contribution in [0.2, 0.25) is 0 Å². The van der Waals surface area contributed by atoms with Crippen molar-refractivity contribution in [1.82, 2.24) is 10.2 Å². The summed E-state index contributed by atoms with van der Waals surface area (Å²) in [4.78, 5) is 2.70. The summed E-state index contributed by atoms with van der Waals surface area (Å²) >= 11 is 0. The Hall–Kier alpha value is -0.0800. The number of nitrogens with one attached hydrogen (secondary N) is 1. The van der Waals surface area contributed by atoms with Crippen LogP contribution in [0.5, 0.6) is 0 Å². The molecule has 0 aromatic carbocycles. The van der Waals surface area contributed by atoms with E-state index >= 15 is 0 Å². The topological polar surface area (TPSA) is 15.3 Å². The summed E-state index contributed by atoms with van der Waals surface area (Å²) < 4.78 is 0. The smallest absolute Gasteiger partial charge is 0.00925 e. The Morgan fingerprint density at radius 1 is 1.31 bits per heavy atom. The van der Waals surface area contributed by atoms with Crippen LogP contribution < -0.4 is 5.32 Å². The van der Waals surface area contributed by atoms with E-state index in [4.69, 9.17) is 0 Å². The van der Waals surface area contributed by atoms with E-state index in [1.165, 1.54) is 32.5 Å². The second kappa shape index (κ2) is 6.61. The van der Waals surface area contributed by atoms with E-state index in [2.05, 4.69) is 44.8 Å². The Morgan fingerprint density at radius 3 is 2.62 bits per heavy atom. The van der Waals surface area contributed by atoms with Gasteiger partial charge in [0.05, 0.1) is 0 Å². The molecule has 1 aliphatic heterocycles. The van der Waals surface area contributed by atoms with Gasteiger partial charge in [-0.05, 0) is 45.2 Å². The zero-order chi connectivity index (χ0) is 12.1. The van der Waals surface area contributed by atoms with Gasteiger partial charge in [-0.3, -0.25) is 0 Å². The van der Waals surface area contributed by atoms with Crippen LogP contribution in [0.15, 0.2) is 0 Å². The van der Waals surface area contributed by atoms with E-state index < -0.39 is 0 Å². The molecule has 1 N–H and O–H groups in total. The Kier molecular flexibility index (Phi) is 5.77. The normalized spacial score (nSPS) is 32.8. The first-order valence-corrected chi connectivity index (χ1v) is 7.02. The van der Waals surface area contributed by atoms with Crippen LogP contribution in [0.1, 0.15) is 47.5 Å². The van der Waals surface area contributed by atoms with E-state index in [-0.39, 0.29) is 0 Å². The number of rotatable bonds is 3. The lowest BCUT2D eigenvalue weighted by atomic mass is 9.96. The highest BCUT2D eigenvalue weighted by molar-refractivity contribution is 4.79. The predicted octanol–water partition coefficient (Wildman–Crippen LogP) is 2.74. The van der Waals surface area contributed by atoms with Gasteiger partial charge in [0.1, 0.15) is 0 Å². The fraction of sp³-hybridized carbons (Fsp3) is 1.00. The summed E-state index contributed by atoms with van der Waals surface area (Å²) in [5, 5.41) is 3.61. The molecular formula is C14H30N2. The lowest BCUT2D eigenvalue weighted by Gasteiger charge is -2.37. The van der Waals surface area contributed by atoms with Crippen LogP contribution in [0.4, 0.5) is 0 Å². The molecule has 0 aromatic rings. The van der Waals surface area contributed by atoms with Crippen molar-refractivity contribution in [3.8, 4) is 0 Å². The standard InChI is InChI=1S/C14H30N2/c1-6-12(3)14(5)16-8-7-13(4)15-9-11(2)10-16/h11-15H,6-10H2,1-5H3. The first kappa shape index (κ1) is 14.0. The Morgan fingerprint density at radius 2 is 2.00 bits per heavy atom. The molecule has 0 aliphatic carbocycles. The van der Waals surface area contributed by atoms with Gasteiger partial charge in [0.15, 0.2) is 0 Å². The molecule has 1 fully saturated rings. The molecule has 2 nitrogen and oxygen atoms in total.